The van der Waals surface area contributed by atoms with Gasteiger partial charge in [-0.1, -0.05) is 24.3 Å². The Kier molecular flexibility index (Phi) is 4.74. The lowest BCUT2D eigenvalue weighted by Gasteiger charge is -2.13. The van der Waals surface area contributed by atoms with Gasteiger partial charge in [-0.15, -0.1) is 0 Å². The summed E-state index contributed by atoms with van der Waals surface area (Å²) in [6.07, 6.45) is 0.711. The zero-order valence-corrected chi connectivity index (χ0v) is 13.4. The van der Waals surface area contributed by atoms with Gasteiger partial charge in [-0.3, -0.25) is 4.98 Å². The number of nitrogens with zero attached hydrogens (tertiary/aromatic N) is 1. The zero-order chi connectivity index (χ0) is 17.9. The second-order valence-electron chi connectivity index (χ2n) is 5.85. The first-order valence-corrected chi connectivity index (χ1v) is 7.88. The second kappa shape index (κ2) is 6.97. The number of aryl methyl sites for hydroxylation is 2. The molecule has 0 aliphatic rings. The first-order chi connectivity index (χ1) is 11.9. The summed E-state index contributed by atoms with van der Waals surface area (Å²) in [7, 11) is 0. The van der Waals surface area contributed by atoms with E-state index in [0.29, 0.717) is 5.69 Å². The third-order valence-electron chi connectivity index (χ3n) is 4.06. The quantitative estimate of drug-likeness (QED) is 0.667. The first kappa shape index (κ1) is 17.0. The van der Waals surface area contributed by atoms with Gasteiger partial charge in [-0.05, 0) is 65.4 Å². The molecule has 128 valence electrons. The number of halogens is 3. The molecule has 3 rings (SSSR count). The number of nitrogens with two attached hydrogens (primary N) is 1. The minimum Gasteiger partial charge on any atom is -0.399 e. The van der Waals surface area contributed by atoms with Crippen LogP contribution in [0.3, 0.4) is 0 Å². The Morgan fingerprint density at radius 3 is 2.32 bits per heavy atom. The van der Waals surface area contributed by atoms with Crippen LogP contribution in [0.4, 0.5) is 18.9 Å². The van der Waals surface area contributed by atoms with Crippen molar-refractivity contribution < 1.29 is 13.2 Å². The summed E-state index contributed by atoms with van der Waals surface area (Å²) < 4.78 is 38.2. The fraction of sp³-hybridized carbons (Fsp3) is 0.150. The van der Waals surface area contributed by atoms with E-state index in [4.69, 9.17) is 5.73 Å². The molecule has 2 N–H and O–H groups in total. The molecule has 0 aliphatic heterocycles. The van der Waals surface area contributed by atoms with E-state index in [-0.39, 0.29) is 0 Å². The third kappa shape index (κ3) is 4.18. The van der Waals surface area contributed by atoms with Gasteiger partial charge in [0, 0.05) is 18.1 Å². The maximum absolute atomic E-state index is 12.7. The van der Waals surface area contributed by atoms with Gasteiger partial charge in [0.2, 0.25) is 0 Å². The molecular weight excluding hydrogens is 325 g/mol. The van der Waals surface area contributed by atoms with E-state index in [1.807, 2.05) is 30.5 Å². The van der Waals surface area contributed by atoms with Crippen LogP contribution in [0.15, 0.2) is 67.0 Å². The van der Waals surface area contributed by atoms with E-state index in [1.54, 1.807) is 12.3 Å². The van der Waals surface area contributed by atoms with Gasteiger partial charge in [0.05, 0.1) is 5.56 Å². The molecular formula is C20H17F3N2. The summed E-state index contributed by atoms with van der Waals surface area (Å²) in [6.45, 7) is 0. The van der Waals surface area contributed by atoms with Crippen molar-refractivity contribution in [3.63, 3.8) is 0 Å². The summed E-state index contributed by atoms with van der Waals surface area (Å²) in [5, 5.41) is 0. The van der Waals surface area contributed by atoms with Crippen molar-refractivity contribution in [3.05, 3.63) is 83.7 Å². The largest absolute Gasteiger partial charge is 0.416 e. The van der Waals surface area contributed by atoms with Crippen LogP contribution in [0, 0.1) is 0 Å². The summed E-state index contributed by atoms with van der Waals surface area (Å²) in [6, 6.07) is 14.6. The number of aromatic nitrogens is 1. The van der Waals surface area contributed by atoms with Crippen molar-refractivity contribution in [1.29, 1.82) is 0 Å². The number of anilines is 1. The Morgan fingerprint density at radius 1 is 0.920 bits per heavy atom. The average Bonchev–Trinajstić information content (AvgIpc) is 2.60. The SMILES string of the molecule is Nc1ccc(-c2ccc(C(F)(F)F)cc2)c(CCc2cccnc2)c1. The molecule has 1 heterocycles. The molecule has 0 saturated carbocycles. The van der Waals surface area contributed by atoms with Crippen molar-refractivity contribution in [1.82, 2.24) is 4.98 Å². The number of hydrogen-bond donors (Lipinski definition) is 1. The molecule has 2 nitrogen and oxygen atoms in total. The Hall–Kier alpha value is -2.82. The van der Waals surface area contributed by atoms with Gasteiger partial charge in [0.1, 0.15) is 0 Å². The smallest absolute Gasteiger partial charge is 0.399 e. The van der Waals surface area contributed by atoms with Gasteiger partial charge in [-0.25, -0.2) is 0 Å². The Labute approximate surface area is 144 Å². The number of pyridine rings is 1. The summed E-state index contributed by atoms with van der Waals surface area (Å²) >= 11 is 0. The summed E-state index contributed by atoms with van der Waals surface area (Å²) in [5.74, 6) is 0. The molecule has 0 spiro atoms. The lowest BCUT2D eigenvalue weighted by atomic mass is 9.94. The normalized spacial score (nSPS) is 11.5. The highest BCUT2D eigenvalue weighted by atomic mass is 19.4. The Morgan fingerprint density at radius 2 is 1.68 bits per heavy atom. The fourth-order valence-corrected chi connectivity index (χ4v) is 2.77. The van der Waals surface area contributed by atoms with Crippen LogP contribution in [-0.2, 0) is 19.0 Å². The maximum atomic E-state index is 12.7. The van der Waals surface area contributed by atoms with E-state index >= 15 is 0 Å². The number of nitrogen functional groups attached to an aromatic ring is 1. The van der Waals surface area contributed by atoms with E-state index in [1.165, 1.54) is 12.1 Å². The van der Waals surface area contributed by atoms with Gasteiger partial charge >= 0.3 is 6.18 Å². The topological polar surface area (TPSA) is 38.9 Å². The Balaban J connectivity index is 1.88. The highest BCUT2D eigenvalue weighted by molar-refractivity contribution is 5.70. The minimum absolute atomic E-state index is 0.636. The highest BCUT2D eigenvalue weighted by Crippen LogP contribution is 2.32. The van der Waals surface area contributed by atoms with Crippen molar-refractivity contribution >= 4 is 5.69 Å². The first-order valence-electron chi connectivity index (χ1n) is 7.88. The molecule has 0 fully saturated rings. The van der Waals surface area contributed by atoms with Crippen molar-refractivity contribution in [3.8, 4) is 11.1 Å². The molecule has 5 heteroatoms. The molecule has 0 amide bonds. The molecule has 0 radical (unpaired) electrons. The van der Waals surface area contributed by atoms with E-state index in [0.717, 1.165) is 47.2 Å². The molecule has 1 aromatic heterocycles. The number of hydrogen-bond acceptors (Lipinski definition) is 2. The van der Waals surface area contributed by atoms with Crippen LogP contribution < -0.4 is 5.73 Å². The van der Waals surface area contributed by atoms with Crippen molar-refractivity contribution in [2.24, 2.45) is 0 Å². The minimum atomic E-state index is -4.33. The average molecular weight is 342 g/mol. The summed E-state index contributed by atoms with van der Waals surface area (Å²) in [5.41, 5.74) is 9.62. The van der Waals surface area contributed by atoms with E-state index in [2.05, 4.69) is 4.98 Å². The molecule has 2 aromatic carbocycles. The molecule has 0 saturated heterocycles. The lowest BCUT2D eigenvalue weighted by molar-refractivity contribution is -0.137. The van der Waals surface area contributed by atoms with Gasteiger partial charge in [-0.2, -0.15) is 13.2 Å². The van der Waals surface area contributed by atoms with Crippen LogP contribution in [0.25, 0.3) is 11.1 Å². The van der Waals surface area contributed by atoms with Crippen LogP contribution in [0.2, 0.25) is 0 Å². The molecule has 0 atom stereocenters. The van der Waals surface area contributed by atoms with Crippen molar-refractivity contribution in [2.45, 2.75) is 19.0 Å². The predicted octanol–water partition coefficient (Wildman–Crippen LogP) is 5.13. The van der Waals surface area contributed by atoms with Gasteiger partial charge in [0.25, 0.3) is 0 Å². The van der Waals surface area contributed by atoms with E-state index in [9.17, 15) is 13.2 Å². The third-order valence-corrected chi connectivity index (χ3v) is 4.06. The maximum Gasteiger partial charge on any atom is 0.416 e. The van der Waals surface area contributed by atoms with Crippen LogP contribution in [0.5, 0.6) is 0 Å². The zero-order valence-electron chi connectivity index (χ0n) is 13.4. The lowest BCUT2D eigenvalue weighted by Crippen LogP contribution is -2.04. The summed E-state index contributed by atoms with van der Waals surface area (Å²) in [4.78, 5) is 4.10. The van der Waals surface area contributed by atoms with Crippen LogP contribution in [0.1, 0.15) is 16.7 Å². The number of benzene rings is 2. The number of alkyl halides is 3. The monoisotopic (exact) mass is 342 g/mol. The molecule has 0 unspecified atom stereocenters. The predicted molar refractivity (Wildman–Crippen MR) is 92.9 cm³/mol. The molecule has 3 aromatic rings. The standard InChI is InChI=1S/C20H17F3N2/c21-20(22,23)17-7-5-15(6-8-17)19-10-9-18(24)12-16(19)4-3-14-2-1-11-25-13-14/h1-2,5-13H,3-4,24H2. The highest BCUT2D eigenvalue weighted by Gasteiger charge is 2.30. The molecule has 25 heavy (non-hydrogen) atoms. The van der Waals surface area contributed by atoms with Crippen LogP contribution in [-0.4, -0.2) is 4.98 Å². The van der Waals surface area contributed by atoms with Gasteiger partial charge in [0.15, 0.2) is 0 Å². The fourth-order valence-electron chi connectivity index (χ4n) is 2.77. The van der Waals surface area contributed by atoms with Crippen LogP contribution >= 0.6 is 0 Å². The van der Waals surface area contributed by atoms with E-state index < -0.39 is 11.7 Å². The van der Waals surface area contributed by atoms with Crippen molar-refractivity contribution in [2.75, 3.05) is 5.73 Å². The Bertz CT molecular complexity index is 841. The second-order valence-corrected chi connectivity index (χ2v) is 5.85. The molecule has 0 bridgehead atoms. The van der Waals surface area contributed by atoms with Gasteiger partial charge < -0.3 is 5.73 Å². The molecule has 0 aliphatic carbocycles. The number of rotatable bonds is 4.